The Bertz CT molecular complexity index is 606. The summed E-state index contributed by atoms with van der Waals surface area (Å²) >= 11 is 5.52. The van der Waals surface area contributed by atoms with E-state index >= 15 is 0 Å². The summed E-state index contributed by atoms with van der Waals surface area (Å²) in [4.78, 5) is 9.08. The zero-order valence-corrected chi connectivity index (χ0v) is 9.67. The summed E-state index contributed by atoms with van der Waals surface area (Å²) in [6.07, 6.45) is 0. The van der Waals surface area contributed by atoms with Gasteiger partial charge in [-0.2, -0.15) is 5.26 Å². The van der Waals surface area contributed by atoms with Crippen molar-refractivity contribution in [2.45, 2.75) is 4.90 Å². The number of nitro groups is 1. The number of benzene rings is 1. The molecule has 16 heavy (non-hydrogen) atoms. The Morgan fingerprint density at radius 1 is 1.44 bits per heavy atom. The van der Waals surface area contributed by atoms with Crippen LogP contribution in [0, 0.1) is 21.4 Å². The fourth-order valence-corrected chi connectivity index (χ4v) is 2.59. The first-order chi connectivity index (χ1) is 7.29. The Kier molecular flexibility index (Phi) is 3.38. The number of hydrogen-bond acceptors (Lipinski definition) is 5. The van der Waals surface area contributed by atoms with Crippen molar-refractivity contribution in [3.05, 3.63) is 32.8 Å². The maximum Gasteiger partial charge on any atom is 0.306 e. The Morgan fingerprint density at radius 3 is 2.38 bits per heavy atom. The van der Waals surface area contributed by atoms with Gasteiger partial charge in [0.05, 0.1) is 4.92 Å². The Hall–Kier alpha value is -1.36. The second-order valence-electron chi connectivity index (χ2n) is 2.58. The van der Waals surface area contributed by atoms with Gasteiger partial charge in [0, 0.05) is 10.7 Å². The monoisotopic (exact) mass is 280 g/mol. The van der Waals surface area contributed by atoms with Gasteiger partial charge in [-0.1, -0.05) is 11.6 Å². The second kappa shape index (κ2) is 4.25. The third-order valence-corrected chi connectivity index (χ3v) is 3.51. The van der Waals surface area contributed by atoms with Crippen molar-refractivity contribution in [2.24, 2.45) is 0 Å². The summed E-state index contributed by atoms with van der Waals surface area (Å²) in [6.45, 7) is 0. The number of hydrogen-bond donors (Lipinski definition) is 0. The van der Waals surface area contributed by atoms with Crippen molar-refractivity contribution >= 4 is 37.0 Å². The van der Waals surface area contributed by atoms with Crippen LogP contribution in [-0.4, -0.2) is 13.3 Å². The Morgan fingerprint density at radius 2 is 2.00 bits per heavy atom. The van der Waals surface area contributed by atoms with Crippen LogP contribution in [0.4, 0.5) is 5.69 Å². The molecule has 0 aliphatic rings. The van der Waals surface area contributed by atoms with E-state index < -0.39 is 29.6 Å². The van der Waals surface area contributed by atoms with Gasteiger partial charge in [0.25, 0.3) is 9.05 Å². The van der Waals surface area contributed by atoms with E-state index in [4.69, 9.17) is 27.5 Å². The number of rotatable bonds is 2. The molecule has 0 amide bonds. The smallest absolute Gasteiger partial charge is 0.258 e. The predicted octanol–water partition coefficient (Wildman–Crippen LogP) is 2.05. The molecular weight excluding hydrogens is 279 g/mol. The highest BCUT2D eigenvalue weighted by molar-refractivity contribution is 8.13. The number of nitro benzene ring substituents is 1. The van der Waals surface area contributed by atoms with Crippen molar-refractivity contribution in [3.8, 4) is 6.07 Å². The molecule has 0 saturated heterocycles. The van der Waals surface area contributed by atoms with Crippen LogP contribution in [0.1, 0.15) is 5.56 Å². The lowest BCUT2D eigenvalue weighted by Gasteiger charge is -2.01. The first kappa shape index (κ1) is 12.7. The van der Waals surface area contributed by atoms with E-state index in [0.717, 1.165) is 12.1 Å². The van der Waals surface area contributed by atoms with Crippen molar-refractivity contribution in [1.82, 2.24) is 0 Å². The van der Waals surface area contributed by atoms with E-state index in [-0.39, 0.29) is 5.56 Å². The summed E-state index contributed by atoms with van der Waals surface area (Å²) in [6, 6.07) is 3.44. The molecule has 0 heterocycles. The molecule has 0 bridgehead atoms. The van der Waals surface area contributed by atoms with Crippen molar-refractivity contribution in [1.29, 1.82) is 5.26 Å². The minimum Gasteiger partial charge on any atom is -0.258 e. The van der Waals surface area contributed by atoms with E-state index in [1.165, 1.54) is 6.07 Å². The standard InChI is InChI=1S/C7H2Cl2N2O4S/c8-6-5(16(9,14)15)2-1-4(3-10)7(6)11(12)13/h1-2H. The largest absolute Gasteiger partial charge is 0.306 e. The normalized spacial score (nSPS) is 10.8. The van der Waals surface area contributed by atoms with E-state index in [0.29, 0.717) is 0 Å². The van der Waals surface area contributed by atoms with Crippen LogP contribution in [0.15, 0.2) is 17.0 Å². The molecule has 0 aliphatic heterocycles. The van der Waals surface area contributed by atoms with Gasteiger partial charge in [-0.05, 0) is 12.1 Å². The maximum absolute atomic E-state index is 11.0. The number of halogens is 2. The molecule has 9 heteroatoms. The molecule has 1 rings (SSSR count). The third kappa shape index (κ3) is 2.24. The second-order valence-corrected chi connectivity index (χ2v) is 5.49. The van der Waals surface area contributed by atoms with Gasteiger partial charge < -0.3 is 0 Å². The number of nitrogens with zero attached hydrogens (tertiary/aromatic N) is 2. The molecule has 0 aliphatic carbocycles. The molecule has 0 atom stereocenters. The predicted molar refractivity (Wildman–Crippen MR) is 55.9 cm³/mol. The zero-order valence-electron chi connectivity index (χ0n) is 7.35. The van der Waals surface area contributed by atoms with Crippen molar-refractivity contribution in [2.75, 3.05) is 0 Å². The molecule has 0 aromatic heterocycles. The molecule has 0 saturated carbocycles. The van der Waals surface area contributed by atoms with Crippen LogP contribution >= 0.6 is 22.3 Å². The van der Waals surface area contributed by atoms with Crippen LogP contribution in [0.3, 0.4) is 0 Å². The molecule has 0 radical (unpaired) electrons. The van der Waals surface area contributed by atoms with Crippen molar-refractivity contribution < 1.29 is 13.3 Å². The van der Waals surface area contributed by atoms with Gasteiger partial charge >= 0.3 is 5.69 Å². The van der Waals surface area contributed by atoms with E-state index in [1.54, 1.807) is 0 Å². The average molecular weight is 281 g/mol. The fraction of sp³-hybridized carbons (Fsp3) is 0. The average Bonchev–Trinajstić information content (AvgIpc) is 2.14. The van der Waals surface area contributed by atoms with Gasteiger partial charge in [0.15, 0.2) is 0 Å². The topological polar surface area (TPSA) is 101 Å². The lowest BCUT2D eigenvalue weighted by atomic mass is 10.2. The van der Waals surface area contributed by atoms with E-state index in [2.05, 4.69) is 0 Å². The Balaban J connectivity index is 3.72. The summed E-state index contributed by atoms with van der Waals surface area (Å²) in [5.41, 5.74) is -1.11. The third-order valence-electron chi connectivity index (χ3n) is 1.65. The summed E-state index contributed by atoms with van der Waals surface area (Å²) in [7, 11) is 0.830. The van der Waals surface area contributed by atoms with Gasteiger partial charge in [-0.15, -0.1) is 0 Å². The first-order valence-electron chi connectivity index (χ1n) is 3.60. The summed E-state index contributed by atoms with van der Waals surface area (Å²) in [5.74, 6) is 0. The molecule has 0 unspecified atom stereocenters. The fourth-order valence-electron chi connectivity index (χ4n) is 1.00. The molecule has 84 valence electrons. The molecular formula is C7H2Cl2N2O4S. The Labute approximate surface area is 99.6 Å². The van der Waals surface area contributed by atoms with Gasteiger partial charge in [-0.3, -0.25) is 10.1 Å². The quantitative estimate of drug-likeness (QED) is 0.469. The minimum absolute atomic E-state index is 0.334. The van der Waals surface area contributed by atoms with Crippen LogP contribution in [0.2, 0.25) is 5.02 Å². The summed E-state index contributed by atoms with van der Waals surface area (Å²) in [5, 5.41) is 18.5. The van der Waals surface area contributed by atoms with E-state index in [1.807, 2.05) is 0 Å². The highest BCUT2D eigenvalue weighted by Gasteiger charge is 2.27. The van der Waals surface area contributed by atoms with Crippen LogP contribution in [-0.2, 0) is 9.05 Å². The highest BCUT2D eigenvalue weighted by atomic mass is 35.7. The van der Waals surface area contributed by atoms with Crippen LogP contribution in [0.25, 0.3) is 0 Å². The van der Waals surface area contributed by atoms with Crippen LogP contribution < -0.4 is 0 Å². The van der Waals surface area contributed by atoms with Crippen LogP contribution in [0.5, 0.6) is 0 Å². The van der Waals surface area contributed by atoms with Gasteiger partial charge in [0.2, 0.25) is 0 Å². The highest BCUT2D eigenvalue weighted by Crippen LogP contribution is 2.35. The molecule has 1 aromatic rings. The molecule has 0 fully saturated rings. The van der Waals surface area contributed by atoms with Gasteiger partial charge in [0.1, 0.15) is 21.6 Å². The first-order valence-corrected chi connectivity index (χ1v) is 6.29. The van der Waals surface area contributed by atoms with Crippen molar-refractivity contribution in [3.63, 3.8) is 0 Å². The molecule has 0 spiro atoms. The zero-order chi connectivity index (χ0) is 12.5. The van der Waals surface area contributed by atoms with Gasteiger partial charge in [-0.25, -0.2) is 8.42 Å². The number of nitriles is 1. The lowest BCUT2D eigenvalue weighted by molar-refractivity contribution is -0.385. The molecule has 6 nitrogen and oxygen atoms in total. The SMILES string of the molecule is N#Cc1ccc(S(=O)(=O)Cl)c(Cl)c1[N+](=O)[O-]. The molecule has 0 N–H and O–H groups in total. The lowest BCUT2D eigenvalue weighted by Crippen LogP contribution is -1.99. The summed E-state index contributed by atoms with van der Waals surface area (Å²) < 4.78 is 22.0. The van der Waals surface area contributed by atoms with E-state index in [9.17, 15) is 18.5 Å². The molecule has 1 aromatic carbocycles. The minimum atomic E-state index is -4.19. The maximum atomic E-state index is 11.0.